The van der Waals surface area contributed by atoms with Crippen molar-refractivity contribution in [2.45, 2.75) is 0 Å². The van der Waals surface area contributed by atoms with Crippen molar-refractivity contribution in [2.24, 2.45) is 11.8 Å². The molecule has 0 aliphatic carbocycles. The molecule has 2 atom stereocenters. The smallest absolute Gasteiger partial charge is 0.269 e. The first kappa shape index (κ1) is 14.0. The summed E-state index contributed by atoms with van der Waals surface area (Å²) in [5.41, 5.74) is 1.23. The molecule has 1 aromatic heterocycles. The Morgan fingerprint density at radius 2 is 1.61 bits per heavy atom. The van der Waals surface area contributed by atoms with Gasteiger partial charge in [0.25, 0.3) is 5.69 Å². The van der Waals surface area contributed by atoms with Gasteiger partial charge >= 0.3 is 0 Å². The maximum Gasteiger partial charge on any atom is 0.269 e. The highest BCUT2D eigenvalue weighted by Crippen LogP contribution is 2.35. The molecule has 0 radical (unpaired) electrons. The van der Waals surface area contributed by atoms with Gasteiger partial charge in [0.1, 0.15) is 5.82 Å². The number of pyridine rings is 1. The maximum atomic E-state index is 10.7. The van der Waals surface area contributed by atoms with Gasteiger partial charge in [-0.3, -0.25) is 10.1 Å². The quantitative estimate of drug-likeness (QED) is 0.644. The third kappa shape index (κ3) is 2.60. The van der Waals surface area contributed by atoms with Crippen LogP contribution in [-0.2, 0) is 0 Å². The Bertz CT molecular complexity index is 690. The molecule has 0 unspecified atom stereocenters. The van der Waals surface area contributed by atoms with Gasteiger partial charge < -0.3 is 9.80 Å². The van der Waals surface area contributed by atoms with Crippen molar-refractivity contribution in [1.82, 2.24) is 4.98 Å². The summed E-state index contributed by atoms with van der Waals surface area (Å²) in [6.07, 6.45) is 1.84. The SMILES string of the molecule is O=[N+]([O-])c1ccc(N2C[C@H]3CN(c4ccccn4)C[C@@H]3C2)cc1. The summed E-state index contributed by atoms with van der Waals surface area (Å²) in [7, 11) is 0. The summed E-state index contributed by atoms with van der Waals surface area (Å²) >= 11 is 0. The average Bonchev–Trinajstić information content (AvgIpc) is 3.14. The molecule has 0 amide bonds. The number of aromatic nitrogens is 1. The lowest BCUT2D eigenvalue weighted by molar-refractivity contribution is -0.384. The molecule has 0 saturated carbocycles. The highest BCUT2D eigenvalue weighted by atomic mass is 16.6. The third-order valence-electron chi connectivity index (χ3n) is 4.89. The van der Waals surface area contributed by atoms with Crippen LogP contribution in [0.2, 0.25) is 0 Å². The Balaban J connectivity index is 1.43. The molecule has 2 saturated heterocycles. The fraction of sp³-hybridized carbons (Fsp3) is 0.353. The number of fused-ring (bicyclic) bond motifs is 1. The van der Waals surface area contributed by atoms with Crippen LogP contribution in [0.4, 0.5) is 17.2 Å². The van der Waals surface area contributed by atoms with Crippen molar-refractivity contribution in [3.8, 4) is 0 Å². The lowest BCUT2D eigenvalue weighted by atomic mass is 10.0. The van der Waals surface area contributed by atoms with Gasteiger partial charge in [-0.2, -0.15) is 0 Å². The van der Waals surface area contributed by atoms with Crippen molar-refractivity contribution < 1.29 is 4.92 Å². The lowest BCUT2D eigenvalue weighted by Crippen LogP contribution is -2.29. The standard InChI is InChI=1S/C17H18N4O2/c22-21(23)16-6-4-15(5-7-16)19-9-13-11-20(12-14(13)10-19)17-3-1-2-8-18-17/h1-8,13-14H,9-12H2/t13-,14-/m0/s1. The molecule has 2 aromatic rings. The molecule has 2 fully saturated rings. The number of benzene rings is 1. The summed E-state index contributed by atoms with van der Waals surface area (Å²) in [5, 5.41) is 10.7. The zero-order valence-electron chi connectivity index (χ0n) is 12.7. The van der Waals surface area contributed by atoms with Crippen molar-refractivity contribution in [3.63, 3.8) is 0 Å². The van der Waals surface area contributed by atoms with Crippen LogP contribution < -0.4 is 9.80 Å². The molecule has 1 aromatic carbocycles. The first-order chi connectivity index (χ1) is 11.2. The topological polar surface area (TPSA) is 62.5 Å². The van der Waals surface area contributed by atoms with Crippen molar-refractivity contribution in [2.75, 3.05) is 36.0 Å². The molecule has 23 heavy (non-hydrogen) atoms. The molecule has 6 nitrogen and oxygen atoms in total. The molecule has 4 rings (SSSR count). The molecule has 0 spiro atoms. The molecule has 0 bridgehead atoms. The number of nitro groups is 1. The number of hydrogen-bond acceptors (Lipinski definition) is 5. The zero-order chi connectivity index (χ0) is 15.8. The van der Waals surface area contributed by atoms with E-state index in [1.54, 1.807) is 12.1 Å². The Morgan fingerprint density at radius 3 is 2.17 bits per heavy atom. The summed E-state index contributed by atoms with van der Waals surface area (Å²) in [6, 6.07) is 12.9. The normalized spacial score (nSPS) is 23.1. The molecule has 2 aliphatic heterocycles. The van der Waals surface area contributed by atoms with Crippen LogP contribution in [0, 0.1) is 22.0 Å². The van der Waals surface area contributed by atoms with Crippen LogP contribution in [0.1, 0.15) is 0 Å². The third-order valence-corrected chi connectivity index (χ3v) is 4.89. The van der Waals surface area contributed by atoms with E-state index in [1.807, 2.05) is 30.5 Å². The van der Waals surface area contributed by atoms with Crippen LogP contribution >= 0.6 is 0 Å². The monoisotopic (exact) mass is 310 g/mol. The van der Waals surface area contributed by atoms with E-state index in [1.165, 1.54) is 0 Å². The Kier molecular flexibility index (Phi) is 3.37. The molecular formula is C17H18N4O2. The highest BCUT2D eigenvalue weighted by molar-refractivity contribution is 5.52. The van der Waals surface area contributed by atoms with Gasteiger partial charge in [0, 0.05) is 62.0 Å². The minimum atomic E-state index is -0.354. The molecule has 6 heteroatoms. The highest BCUT2D eigenvalue weighted by Gasteiger charge is 2.40. The van der Waals surface area contributed by atoms with Gasteiger partial charge in [-0.25, -0.2) is 4.98 Å². The van der Waals surface area contributed by atoms with E-state index < -0.39 is 0 Å². The molecule has 3 heterocycles. The Morgan fingerprint density at radius 1 is 0.957 bits per heavy atom. The first-order valence-corrected chi connectivity index (χ1v) is 7.86. The van der Waals surface area contributed by atoms with Crippen LogP contribution in [0.3, 0.4) is 0 Å². The fourth-order valence-electron chi connectivity index (χ4n) is 3.72. The Labute approximate surface area is 134 Å². The number of nitro benzene ring substituents is 1. The van der Waals surface area contributed by atoms with Crippen molar-refractivity contribution in [3.05, 3.63) is 58.8 Å². The predicted molar refractivity (Wildman–Crippen MR) is 88.7 cm³/mol. The summed E-state index contributed by atoms with van der Waals surface area (Å²) in [4.78, 5) is 19.5. The van der Waals surface area contributed by atoms with Crippen molar-refractivity contribution >= 4 is 17.2 Å². The summed E-state index contributed by atoms with van der Waals surface area (Å²) < 4.78 is 0. The van der Waals surface area contributed by atoms with E-state index in [9.17, 15) is 10.1 Å². The summed E-state index contributed by atoms with van der Waals surface area (Å²) in [5.74, 6) is 2.32. The minimum Gasteiger partial charge on any atom is -0.371 e. The van der Waals surface area contributed by atoms with E-state index in [0.29, 0.717) is 11.8 Å². The van der Waals surface area contributed by atoms with E-state index in [0.717, 1.165) is 37.7 Å². The molecular weight excluding hydrogens is 292 g/mol. The lowest BCUT2D eigenvalue weighted by Gasteiger charge is -2.23. The second-order valence-electron chi connectivity index (χ2n) is 6.29. The number of non-ortho nitro benzene ring substituents is 1. The maximum absolute atomic E-state index is 10.7. The van der Waals surface area contributed by atoms with Gasteiger partial charge in [0.15, 0.2) is 0 Å². The van der Waals surface area contributed by atoms with Crippen LogP contribution in [0.15, 0.2) is 48.7 Å². The fourth-order valence-corrected chi connectivity index (χ4v) is 3.72. The second kappa shape index (κ2) is 5.53. The van der Waals surface area contributed by atoms with Crippen LogP contribution in [-0.4, -0.2) is 36.1 Å². The molecule has 2 aliphatic rings. The number of hydrogen-bond donors (Lipinski definition) is 0. The second-order valence-corrected chi connectivity index (χ2v) is 6.29. The van der Waals surface area contributed by atoms with E-state index in [-0.39, 0.29) is 10.6 Å². The van der Waals surface area contributed by atoms with Gasteiger partial charge in [0.05, 0.1) is 4.92 Å². The van der Waals surface area contributed by atoms with Crippen LogP contribution in [0.5, 0.6) is 0 Å². The van der Waals surface area contributed by atoms with Gasteiger partial charge in [-0.05, 0) is 24.3 Å². The first-order valence-electron chi connectivity index (χ1n) is 7.86. The van der Waals surface area contributed by atoms with Gasteiger partial charge in [0.2, 0.25) is 0 Å². The Hall–Kier alpha value is -2.63. The van der Waals surface area contributed by atoms with Crippen molar-refractivity contribution in [1.29, 1.82) is 0 Å². The van der Waals surface area contributed by atoms with Gasteiger partial charge in [-0.15, -0.1) is 0 Å². The minimum absolute atomic E-state index is 0.148. The zero-order valence-corrected chi connectivity index (χ0v) is 12.7. The van der Waals surface area contributed by atoms with E-state index >= 15 is 0 Å². The number of anilines is 2. The largest absolute Gasteiger partial charge is 0.371 e. The summed E-state index contributed by atoms with van der Waals surface area (Å²) in [6.45, 7) is 4.08. The number of rotatable bonds is 3. The predicted octanol–water partition coefficient (Wildman–Crippen LogP) is 2.56. The van der Waals surface area contributed by atoms with Gasteiger partial charge in [-0.1, -0.05) is 6.07 Å². The van der Waals surface area contributed by atoms with E-state index in [4.69, 9.17) is 0 Å². The molecule has 0 N–H and O–H groups in total. The van der Waals surface area contributed by atoms with E-state index in [2.05, 4.69) is 20.9 Å². The average molecular weight is 310 g/mol. The van der Waals surface area contributed by atoms with Crippen LogP contribution in [0.25, 0.3) is 0 Å². The molecule has 118 valence electrons. The number of nitrogens with zero attached hydrogens (tertiary/aromatic N) is 4.